The van der Waals surface area contributed by atoms with Crippen LogP contribution in [0.25, 0.3) is 0 Å². The van der Waals surface area contributed by atoms with E-state index < -0.39 is 0 Å². The fraction of sp³-hybridized carbons (Fsp3) is 0.333. The molecular formula is C15H18N4S. The molecule has 0 aliphatic heterocycles. The van der Waals surface area contributed by atoms with Gasteiger partial charge in [-0.2, -0.15) is 0 Å². The topological polar surface area (TPSA) is 74.8 Å². The summed E-state index contributed by atoms with van der Waals surface area (Å²) in [5.74, 6) is 0.529. The zero-order chi connectivity index (χ0) is 14.1. The molecule has 3 rings (SSSR count). The Bertz CT molecular complexity index is 647. The molecule has 1 aromatic heterocycles. The standard InChI is InChI=1S/C15H18N4S/c1-9-4-2-3-5-11(9)10-6-7-12-13(8-10)20-15(18-12)19-14(16)17/h2-5,10H,6-8H2,1H3,(H4,16,17,18,19)/t10-/m1/s1. The van der Waals surface area contributed by atoms with Gasteiger partial charge in [0.15, 0.2) is 11.1 Å². The number of nitrogens with one attached hydrogen (secondary N) is 2. The molecule has 4 N–H and O–H groups in total. The van der Waals surface area contributed by atoms with Gasteiger partial charge in [-0.15, -0.1) is 11.3 Å². The van der Waals surface area contributed by atoms with Crippen molar-refractivity contribution in [3.8, 4) is 0 Å². The Balaban J connectivity index is 1.83. The predicted molar refractivity (Wildman–Crippen MR) is 83.6 cm³/mol. The molecule has 0 spiro atoms. The minimum atomic E-state index is -0.0495. The second kappa shape index (κ2) is 5.25. The van der Waals surface area contributed by atoms with Gasteiger partial charge in [-0.3, -0.25) is 5.41 Å². The van der Waals surface area contributed by atoms with Crippen LogP contribution in [0.1, 0.15) is 34.0 Å². The molecule has 20 heavy (non-hydrogen) atoms. The lowest BCUT2D eigenvalue weighted by Crippen LogP contribution is -2.20. The van der Waals surface area contributed by atoms with Crippen LogP contribution in [0, 0.1) is 12.3 Å². The van der Waals surface area contributed by atoms with E-state index in [4.69, 9.17) is 11.1 Å². The van der Waals surface area contributed by atoms with Crippen molar-refractivity contribution < 1.29 is 0 Å². The highest BCUT2D eigenvalue weighted by Crippen LogP contribution is 2.37. The largest absolute Gasteiger partial charge is 0.370 e. The Morgan fingerprint density at radius 2 is 2.25 bits per heavy atom. The number of nitrogens with two attached hydrogens (primary N) is 1. The molecule has 1 aromatic carbocycles. The molecule has 0 fully saturated rings. The molecule has 4 nitrogen and oxygen atoms in total. The molecule has 0 bridgehead atoms. The van der Waals surface area contributed by atoms with Gasteiger partial charge in [0, 0.05) is 4.88 Å². The summed E-state index contributed by atoms with van der Waals surface area (Å²) in [5.41, 5.74) is 9.35. The molecule has 0 radical (unpaired) electrons. The summed E-state index contributed by atoms with van der Waals surface area (Å²) in [6.07, 6.45) is 3.18. The second-order valence-electron chi connectivity index (χ2n) is 5.22. The number of nitrogens with zero attached hydrogens (tertiary/aromatic N) is 1. The van der Waals surface area contributed by atoms with Gasteiger partial charge in [-0.25, -0.2) is 4.98 Å². The zero-order valence-electron chi connectivity index (χ0n) is 11.4. The number of aryl methyl sites for hydroxylation is 2. The molecule has 0 saturated carbocycles. The van der Waals surface area contributed by atoms with Gasteiger partial charge in [0.05, 0.1) is 5.69 Å². The third-order valence-corrected chi connectivity index (χ3v) is 4.84. The van der Waals surface area contributed by atoms with E-state index in [1.807, 2.05) is 0 Å². The molecule has 1 atom stereocenters. The number of aromatic nitrogens is 1. The Hall–Kier alpha value is -1.88. The monoisotopic (exact) mass is 286 g/mol. The number of guanidine groups is 1. The predicted octanol–water partition coefficient (Wildman–Crippen LogP) is 3.03. The van der Waals surface area contributed by atoms with E-state index in [2.05, 4.69) is 41.5 Å². The number of anilines is 1. The van der Waals surface area contributed by atoms with Crippen LogP contribution in [0.3, 0.4) is 0 Å². The SMILES string of the molecule is Cc1ccccc1[C@@H]1CCc2nc(NC(=N)N)sc2C1. The van der Waals surface area contributed by atoms with E-state index in [0.717, 1.165) is 24.4 Å². The Morgan fingerprint density at radius 1 is 1.45 bits per heavy atom. The van der Waals surface area contributed by atoms with Crippen LogP contribution >= 0.6 is 11.3 Å². The van der Waals surface area contributed by atoms with Crippen LogP contribution in [-0.2, 0) is 12.8 Å². The van der Waals surface area contributed by atoms with Gasteiger partial charge in [0.25, 0.3) is 0 Å². The number of hydrogen-bond donors (Lipinski definition) is 3. The third kappa shape index (κ3) is 2.54. The average Bonchev–Trinajstić information content (AvgIpc) is 2.79. The smallest absolute Gasteiger partial charge is 0.192 e. The number of thiazole rings is 1. The number of fused-ring (bicyclic) bond motifs is 1. The Morgan fingerprint density at radius 3 is 3.00 bits per heavy atom. The molecule has 1 aliphatic carbocycles. The normalized spacial score (nSPS) is 17.6. The summed E-state index contributed by atoms with van der Waals surface area (Å²) >= 11 is 1.62. The van der Waals surface area contributed by atoms with Crippen LogP contribution in [0.5, 0.6) is 0 Å². The summed E-state index contributed by atoms with van der Waals surface area (Å²) in [7, 11) is 0. The molecule has 104 valence electrons. The molecule has 5 heteroatoms. The van der Waals surface area contributed by atoms with Crippen LogP contribution < -0.4 is 11.1 Å². The summed E-state index contributed by atoms with van der Waals surface area (Å²) in [6, 6.07) is 8.63. The number of hydrogen-bond acceptors (Lipinski definition) is 3. The first-order valence-corrected chi connectivity index (χ1v) is 7.60. The molecule has 1 aliphatic rings. The maximum Gasteiger partial charge on any atom is 0.192 e. The van der Waals surface area contributed by atoms with Crippen LogP contribution in [0.15, 0.2) is 24.3 Å². The van der Waals surface area contributed by atoms with Crippen molar-refractivity contribution in [3.05, 3.63) is 46.0 Å². The van der Waals surface area contributed by atoms with E-state index in [1.165, 1.54) is 21.7 Å². The summed E-state index contributed by atoms with van der Waals surface area (Å²) in [6.45, 7) is 2.18. The van der Waals surface area contributed by atoms with Gasteiger partial charge in [-0.05, 0) is 43.2 Å². The highest BCUT2D eigenvalue weighted by Gasteiger charge is 2.24. The van der Waals surface area contributed by atoms with Crippen LogP contribution in [0.2, 0.25) is 0 Å². The number of rotatable bonds is 2. The molecular weight excluding hydrogens is 268 g/mol. The molecule has 0 saturated heterocycles. The first-order chi connectivity index (χ1) is 9.63. The van der Waals surface area contributed by atoms with Gasteiger partial charge in [0.2, 0.25) is 0 Å². The van der Waals surface area contributed by atoms with Crippen LogP contribution in [0.4, 0.5) is 5.13 Å². The first-order valence-electron chi connectivity index (χ1n) is 6.78. The fourth-order valence-electron chi connectivity index (χ4n) is 2.85. The molecule has 2 aromatic rings. The Labute approximate surface area is 122 Å². The number of benzene rings is 1. The van der Waals surface area contributed by atoms with Crippen molar-refractivity contribution >= 4 is 22.4 Å². The second-order valence-corrected chi connectivity index (χ2v) is 6.31. The fourth-order valence-corrected chi connectivity index (χ4v) is 3.95. The quantitative estimate of drug-likeness (QED) is 0.587. The summed E-state index contributed by atoms with van der Waals surface area (Å²) < 4.78 is 0. The maximum atomic E-state index is 7.28. The van der Waals surface area contributed by atoms with Crippen molar-refractivity contribution in [1.82, 2.24) is 4.98 Å². The highest BCUT2D eigenvalue weighted by molar-refractivity contribution is 7.15. The van der Waals surface area contributed by atoms with Crippen molar-refractivity contribution in [2.24, 2.45) is 5.73 Å². The van der Waals surface area contributed by atoms with Gasteiger partial charge >= 0.3 is 0 Å². The third-order valence-electron chi connectivity index (χ3n) is 3.81. The van der Waals surface area contributed by atoms with Crippen LogP contribution in [-0.4, -0.2) is 10.9 Å². The molecule has 1 heterocycles. The minimum absolute atomic E-state index is 0.0495. The molecule has 0 amide bonds. The lowest BCUT2D eigenvalue weighted by molar-refractivity contribution is 0.582. The van der Waals surface area contributed by atoms with E-state index in [-0.39, 0.29) is 5.96 Å². The van der Waals surface area contributed by atoms with E-state index >= 15 is 0 Å². The minimum Gasteiger partial charge on any atom is -0.370 e. The van der Waals surface area contributed by atoms with E-state index in [9.17, 15) is 0 Å². The van der Waals surface area contributed by atoms with Crippen molar-refractivity contribution in [2.75, 3.05) is 5.32 Å². The Kier molecular flexibility index (Phi) is 3.44. The van der Waals surface area contributed by atoms with Crippen molar-refractivity contribution in [3.63, 3.8) is 0 Å². The average molecular weight is 286 g/mol. The highest BCUT2D eigenvalue weighted by atomic mass is 32.1. The molecule has 0 unspecified atom stereocenters. The lowest BCUT2D eigenvalue weighted by atomic mass is 9.83. The van der Waals surface area contributed by atoms with Gasteiger partial charge < -0.3 is 11.1 Å². The summed E-state index contributed by atoms with van der Waals surface area (Å²) in [4.78, 5) is 5.86. The van der Waals surface area contributed by atoms with Crippen molar-refractivity contribution in [1.29, 1.82) is 5.41 Å². The van der Waals surface area contributed by atoms with E-state index in [1.54, 1.807) is 11.3 Å². The maximum absolute atomic E-state index is 7.28. The van der Waals surface area contributed by atoms with Gasteiger partial charge in [-0.1, -0.05) is 24.3 Å². The van der Waals surface area contributed by atoms with Crippen molar-refractivity contribution in [2.45, 2.75) is 32.1 Å². The zero-order valence-corrected chi connectivity index (χ0v) is 12.3. The van der Waals surface area contributed by atoms with E-state index in [0.29, 0.717) is 5.92 Å². The first kappa shape index (κ1) is 13.1. The summed E-state index contributed by atoms with van der Waals surface area (Å²) in [5, 5.41) is 10.8. The lowest BCUT2D eigenvalue weighted by Gasteiger charge is -2.23. The van der Waals surface area contributed by atoms with Gasteiger partial charge in [0.1, 0.15) is 0 Å².